The number of fused-ring (bicyclic) bond motifs is 1. The molecule has 21 heavy (non-hydrogen) atoms. The van der Waals surface area contributed by atoms with E-state index < -0.39 is 0 Å². The minimum Gasteiger partial charge on any atom is -0.486 e. The van der Waals surface area contributed by atoms with E-state index in [1.165, 1.54) is 0 Å². The predicted octanol–water partition coefficient (Wildman–Crippen LogP) is 3.13. The number of para-hydroxylation sites is 3. The molecule has 3 rings (SSSR count). The number of imidazole rings is 1. The smallest absolute Gasteiger partial charge is 0.149 e. The van der Waals surface area contributed by atoms with Crippen molar-refractivity contribution in [3.8, 4) is 5.75 Å². The van der Waals surface area contributed by atoms with Gasteiger partial charge >= 0.3 is 0 Å². The van der Waals surface area contributed by atoms with Gasteiger partial charge in [0.15, 0.2) is 0 Å². The van der Waals surface area contributed by atoms with Crippen molar-refractivity contribution in [1.82, 2.24) is 14.5 Å². The predicted molar refractivity (Wildman–Crippen MR) is 84.2 cm³/mol. The Hall–Kier alpha value is -2.33. The van der Waals surface area contributed by atoms with Gasteiger partial charge in [-0.05, 0) is 38.4 Å². The molecule has 4 heteroatoms. The molecule has 0 aliphatic rings. The Kier molecular flexibility index (Phi) is 3.88. The molecule has 1 heterocycles. The molecule has 4 nitrogen and oxygen atoms in total. The van der Waals surface area contributed by atoms with Crippen LogP contribution in [0.25, 0.3) is 11.0 Å². The zero-order valence-corrected chi connectivity index (χ0v) is 12.4. The van der Waals surface area contributed by atoms with Crippen LogP contribution in [0.3, 0.4) is 0 Å². The van der Waals surface area contributed by atoms with Gasteiger partial charge in [0.25, 0.3) is 0 Å². The van der Waals surface area contributed by atoms with E-state index in [0.717, 1.165) is 29.3 Å². The molecule has 0 radical (unpaired) electrons. The first-order chi connectivity index (χ1) is 10.2. The maximum absolute atomic E-state index is 5.84. The van der Waals surface area contributed by atoms with Crippen LogP contribution in [0.15, 0.2) is 54.6 Å². The second-order valence-corrected chi connectivity index (χ2v) is 5.27. The molecule has 2 aromatic carbocycles. The van der Waals surface area contributed by atoms with E-state index in [1.54, 1.807) is 0 Å². The highest BCUT2D eigenvalue weighted by molar-refractivity contribution is 5.75. The molecule has 0 bridgehead atoms. The molecule has 0 amide bonds. The SMILES string of the molecule is CN(C)Cn1c(COc2ccccc2)nc2ccccc21. The van der Waals surface area contributed by atoms with Crippen molar-refractivity contribution in [3.05, 3.63) is 60.4 Å². The van der Waals surface area contributed by atoms with E-state index >= 15 is 0 Å². The quantitative estimate of drug-likeness (QED) is 0.720. The molecule has 108 valence electrons. The average Bonchev–Trinajstić information content (AvgIpc) is 2.84. The molecule has 0 unspecified atom stereocenters. The van der Waals surface area contributed by atoms with Gasteiger partial charge < -0.3 is 9.30 Å². The third kappa shape index (κ3) is 3.06. The van der Waals surface area contributed by atoms with Crippen molar-refractivity contribution < 1.29 is 4.74 Å². The first kappa shape index (κ1) is 13.6. The first-order valence-electron chi connectivity index (χ1n) is 7.01. The Balaban J connectivity index is 1.89. The van der Waals surface area contributed by atoms with Crippen LogP contribution in [0.1, 0.15) is 5.82 Å². The molecule has 0 aliphatic carbocycles. The minimum absolute atomic E-state index is 0.465. The van der Waals surface area contributed by atoms with Crippen LogP contribution in [-0.4, -0.2) is 28.5 Å². The van der Waals surface area contributed by atoms with Crippen molar-refractivity contribution in [2.24, 2.45) is 0 Å². The fourth-order valence-electron chi connectivity index (χ4n) is 2.34. The van der Waals surface area contributed by atoms with Gasteiger partial charge in [-0.25, -0.2) is 4.98 Å². The first-order valence-corrected chi connectivity index (χ1v) is 7.01. The third-order valence-electron chi connectivity index (χ3n) is 3.27. The monoisotopic (exact) mass is 281 g/mol. The number of benzene rings is 2. The van der Waals surface area contributed by atoms with Crippen molar-refractivity contribution in [3.63, 3.8) is 0 Å². The summed E-state index contributed by atoms with van der Waals surface area (Å²) in [6, 6.07) is 18.0. The van der Waals surface area contributed by atoms with Gasteiger partial charge in [0.2, 0.25) is 0 Å². The summed E-state index contributed by atoms with van der Waals surface area (Å²) in [7, 11) is 4.10. The summed E-state index contributed by atoms with van der Waals surface area (Å²) < 4.78 is 8.03. The Labute approximate surface area is 124 Å². The molecular formula is C17H19N3O. The lowest BCUT2D eigenvalue weighted by Crippen LogP contribution is -2.19. The third-order valence-corrected chi connectivity index (χ3v) is 3.27. The van der Waals surface area contributed by atoms with Crippen LogP contribution in [0, 0.1) is 0 Å². The lowest BCUT2D eigenvalue weighted by atomic mass is 10.3. The van der Waals surface area contributed by atoms with Crippen molar-refractivity contribution in [2.45, 2.75) is 13.3 Å². The summed E-state index contributed by atoms with van der Waals surface area (Å²) in [6.45, 7) is 1.25. The molecule has 0 fully saturated rings. The molecule has 0 saturated carbocycles. The number of hydrogen-bond donors (Lipinski definition) is 0. The average molecular weight is 281 g/mol. The van der Waals surface area contributed by atoms with Crippen LogP contribution >= 0.6 is 0 Å². The summed E-state index contributed by atoms with van der Waals surface area (Å²) in [5.74, 6) is 1.80. The molecule has 1 aromatic heterocycles. The van der Waals surface area contributed by atoms with E-state index in [-0.39, 0.29) is 0 Å². The van der Waals surface area contributed by atoms with E-state index in [9.17, 15) is 0 Å². The van der Waals surface area contributed by atoms with Gasteiger partial charge in [0.1, 0.15) is 18.2 Å². The van der Waals surface area contributed by atoms with Gasteiger partial charge in [-0.3, -0.25) is 4.90 Å². The summed E-state index contributed by atoms with van der Waals surface area (Å²) in [5.41, 5.74) is 2.14. The van der Waals surface area contributed by atoms with Crippen molar-refractivity contribution in [1.29, 1.82) is 0 Å². The van der Waals surface area contributed by atoms with Crippen molar-refractivity contribution >= 4 is 11.0 Å². The summed E-state index contributed by atoms with van der Waals surface area (Å²) in [4.78, 5) is 6.82. The van der Waals surface area contributed by atoms with Gasteiger partial charge in [-0.1, -0.05) is 30.3 Å². The minimum atomic E-state index is 0.465. The topological polar surface area (TPSA) is 30.3 Å². The Morgan fingerprint density at radius 1 is 1.00 bits per heavy atom. The number of hydrogen-bond acceptors (Lipinski definition) is 3. The van der Waals surface area contributed by atoms with Gasteiger partial charge in [-0.15, -0.1) is 0 Å². The molecule has 0 spiro atoms. The van der Waals surface area contributed by atoms with Gasteiger partial charge in [0, 0.05) is 0 Å². The molecule has 0 saturated heterocycles. The Bertz CT molecular complexity index is 719. The summed E-state index contributed by atoms with van der Waals surface area (Å²) in [6.07, 6.45) is 0. The fourth-order valence-corrected chi connectivity index (χ4v) is 2.34. The van der Waals surface area contributed by atoms with Crippen LogP contribution in [0.5, 0.6) is 5.75 Å². The zero-order chi connectivity index (χ0) is 14.7. The number of ether oxygens (including phenoxy) is 1. The molecule has 3 aromatic rings. The molecule has 0 aliphatic heterocycles. The zero-order valence-electron chi connectivity index (χ0n) is 12.4. The molecular weight excluding hydrogens is 262 g/mol. The standard InChI is InChI=1S/C17H19N3O/c1-19(2)13-20-16-11-7-6-10-15(16)18-17(20)12-21-14-8-4-3-5-9-14/h3-11H,12-13H2,1-2H3. The Morgan fingerprint density at radius 2 is 1.71 bits per heavy atom. The highest BCUT2D eigenvalue weighted by Crippen LogP contribution is 2.18. The van der Waals surface area contributed by atoms with Crippen molar-refractivity contribution in [2.75, 3.05) is 14.1 Å². The largest absolute Gasteiger partial charge is 0.486 e. The number of aromatic nitrogens is 2. The van der Waals surface area contributed by atoms with E-state index in [2.05, 4.69) is 29.6 Å². The van der Waals surface area contributed by atoms with E-state index in [4.69, 9.17) is 9.72 Å². The highest BCUT2D eigenvalue weighted by atomic mass is 16.5. The summed E-state index contributed by atoms with van der Waals surface area (Å²) >= 11 is 0. The molecule has 0 atom stereocenters. The van der Waals surface area contributed by atoms with Crippen LogP contribution in [-0.2, 0) is 13.3 Å². The van der Waals surface area contributed by atoms with Gasteiger partial charge in [-0.2, -0.15) is 0 Å². The Morgan fingerprint density at radius 3 is 2.48 bits per heavy atom. The number of rotatable bonds is 5. The van der Waals surface area contributed by atoms with E-state index in [0.29, 0.717) is 6.61 Å². The normalized spacial score (nSPS) is 11.2. The van der Waals surface area contributed by atoms with E-state index in [1.807, 2.05) is 48.5 Å². The second-order valence-electron chi connectivity index (χ2n) is 5.27. The maximum Gasteiger partial charge on any atom is 0.149 e. The lowest BCUT2D eigenvalue weighted by molar-refractivity contribution is 0.270. The maximum atomic E-state index is 5.84. The van der Waals surface area contributed by atoms with Gasteiger partial charge in [0.05, 0.1) is 17.7 Å². The van der Waals surface area contributed by atoms with Crippen LogP contribution in [0.2, 0.25) is 0 Å². The fraction of sp³-hybridized carbons (Fsp3) is 0.235. The summed E-state index contributed by atoms with van der Waals surface area (Å²) in [5, 5.41) is 0. The second kappa shape index (κ2) is 5.97. The lowest BCUT2D eigenvalue weighted by Gasteiger charge is -2.15. The molecule has 0 N–H and O–H groups in total. The highest BCUT2D eigenvalue weighted by Gasteiger charge is 2.11. The number of nitrogens with zero attached hydrogens (tertiary/aromatic N) is 3. The van der Waals surface area contributed by atoms with Crippen LogP contribution in [0.4, 0.5) is 0 Å². The van der Waals surface area contributed by atoms with Crippen LogP contribution < -0.4 is 4.74 Å².